The van der Waals surface area contributed by atoms with Crippen LogP contribution >= 0.6 is 22.6 Å². The second kappa shape index (κ2) is 21.3. The summed E-state index contributed by atoms with van der Waals surface area (Å²) in [5.74, 6) is -6.74. The van der Waals surface area contributed by atoms with E-state index in [2.05, 4.69) is 24.9 Å². The molecule has 6 rings (SSSR count). The third kappa shape index (κ3) is 13.9. The van der Waals surface area contributed by atoms with Gasteiger partial charge in [-0.1, -0.05) is 0 Å². The Hall–Kier alpha value is -6.65. The third-order valence-corrected chi connectivity index (χ3v) is 8.48. The minimum Gasteiger partial charge on any atom is -0.463 e. The number of rotatable bonds is 10. The molecular weight excluding hydrogens is 1050 g/mol. The predicted molar refractivity (Wildman–Crippen MR) is 214 cm³/mol. The number of H-pyrrole nitrogens is 2. The number of carbonyl (C=O) groups is 6. The summed E-state index contributed by atoms with van der Waals surface area (Å²) in [5, 5.41) is 0. The van der Waals surface area contributed by atoms with Crippen molar-refractivity contribution in [1.82, 2.24) is 39.0 Å². The summed E-state index contributed by atoms with van der Waals surface area (Å²) in [4.78, 5) is 113. The van der Waals surface area contributed by atoms with E-state index in [0.717, 1.165) is 20.8 Å². The number of nitrogens with two attached hydrogens (primary N) is 2. The predicted octanol–water partition coefficient (Wildman–Crippen LogP) is 1.01. The topological polar surface area (TPSA) is 355 Å². The molecule has 4 aromatic rings. The summed E-state index contributed by atoms with van der Waals surface area (Å²) in [6, 6.07) is 0. The number of esters is 6. The highest BCUT2D eigenvalue weighted by atomic mass is 127. The first-order valence-electron chi connectivity index (χ1n) is 18.6. The minimum atomic E-state index is -5.11. The van der Waals surface area contributed by atoms with Gasteiger partial charge in [-0.25, -0.2) is 9.97 Å². The SMILES string of the molecule is CC(=O)OC[C@H]1O[C@@H](n2c(C(F)(F)F)nc3c(=O)[nH]c(N)nc32)C(OC(C)=O)[C@H]1OC(C)=O.CC(=O)OC[C@H]1O[C@@H](n2cnc3c(=O)[nH]c(N)nc32)C(OC(C)=O)[C@H]1OC(C)=O.FC(F)(F)I. The quantitative estimate of drug-likeness (QED) is 0.0566. The molecule has 6 heterocycles. The number of nitrogens with one attached hydrogen (secondary N) is 2. The van der Waals surface area contributed by atoms with Gasteiger partial charge in [-0.15, -0.1) is 0 Å². The lowest BCUT2D eigenvalue weighted by Gasteiger charge is -2.24. The number of nitrogen functional groups attached to an aromatic ring is 2. The molecule has 0 aliphatic carbocycles. The molecule has 2 fully saturated rings. The molecule has 0 bridgehead atoms. The van der Waals surface area contributed by atoms with Crippen molar-refractivity contribution in [2.45, 2.75) is 101 Å². The van der Waals surface area contributed by atoms with Gasteiger partial charge in [0.1, 0.15) is 25.4 Å². The molecule has 67 heavy (non-hydrogen) atoms. The number of alkyl halides is 7. The van der Waals surface area contributed by atoms with Gasteiger partial charge in [-0.2, -0.15) is 36.3 Å². The maximum atomic E-state index is 13.8. The number of nitrogens with zero attached hydrogens (tertiary/aromatic N) is 6. The van der Waals surface area contributed by atoms with Gasteiger partial charge in [0.15, 0.2) is 59.2 Å². The number of imidazole rings is 2. The lowest BCUT2D eigenvalue weighted by molar-refractivity contribution is -0.168. The molecule has 0 aromatic carbocycles. The van der Waals surface area contributed by atoms with Gasteiger partial charge >= 0.3 is 46.2 Å². The molecule has 2 aliphatic rings. The third-order valence-electron chi connectivity index (χ3n) is 8.48. The van der Waals surface area contributed by atoms with Crippen LogP contribution in [0.5, 0.6) is 0 Å². The number of aromatic amines is 2. The second-order valence-corrected chi connectivity index (χ2v) is 14.9. The molecule has 2 saturated heterocycles. The van der Waals surface area contributed by atoms with Gasteiger partial charge in [-0.05, 0) is 0 Å². The molecule has 0 amide bonds. The zero-order valence-corrected chi connectivity index (χ0v) is 37.3. The molecule has 33 heteroatoms. The summed E-state index contributed by atoms with van der Waals surface area (Å²) in [6.45, 7) is 5.80. The number of hydrogen-bond acceptors (Lipinski definition) is 22. The molecule has 368 valence electrons. The molecule has 6 N–H and O–H groups in total. The lowest BCUT2D eigenvalue weighted by Crippen LogP contribution is -2.41. The van der Waals surface area contributed by atoms with Crippen LogP contribution in [0.15, 0.2) is 15.9 Å². The first-order chi connectivity index (χ1) is 31.0. The Bertz CT molecular complexity index is 2630. The number of carbonyl (C=O) groups excluding carboxylic acids is 6. The number of aromatic nitrogens is 8. The van der Waals surface area contributed by atoms with Crippen LogP contribution in [0.2, 0.25) is 0 Å². The first kappa shape index (κ1) is 53.0. The maximum Gasteiger partial charge on any atom is 0.449 e. The van der Waals surface area contributed by atoms with Crippen LogP contribution in [0.25, 0.3) is 22.3 Å². The number of halogens is 7. The number of fused-ring (bicyclic) bond motifs is 2. The summed E-state index contributed by atoms with van der Waals surface area (Å²) in [6.07, 6.45) is -14.4. The van der Waals surface area contributed by atoms with E-state index in [1.54, 1.807) is 0 Å². The van der Waals surface area contributed by atoms with E-state index < -0.39 is 136 Å². The molecule has 2 aliphatic heterocycles. The Labute approximate surface area is 382 Å². The van der Waals surface area contributed by atoms with Gasteiger partial charge in [0.2, 0.25) is 17.7 Å². The fraction of sp³-hybridized carbons (Fsp3) is 0.529. The molecule has 8 atom stereocenters. The van der Waals surface area contributed by atoms with Crippen LogP contribution in [-0.2, 0) is 72.8 Å². The summed E-state index contributed by atoms with van der Waals surface area (Å²) in [7, 11) is 0. The van der Waals surface area contributed by atoms with Crippen LogP contribution in [0, 0.1) is 0 Å². The second-order valence-electron chi connectivity index (χ2n) is 13.7. The first-order valence-corrected chi connectivity index (χ1v) is 19.6. The van der Waals surface area contributed by atoms with Crippen LogP contribution in [0.3, 0.4) is 0 Å². The van der Waals surface area contributed by atoms with Crippen molar-refractivity contribution in [3.8, 4) is 0 Å². The smallest absolute Gasteiger partial charge is 0.449 e. The van der Waals surface area contributed by atoms with Crippen molar-refractivity contribution < 1.29 is 93.0 Å². The highest BCUT2D eigenvalue weighted by Crippen LogP contribution is 2.41. The monoisotopic (exact) mass is 1080 g/mol. The van der Waals surface area contributed by atoms with Crippen LogP contribution in [0.4, 0.5) is 38.2 Å². The van der Waals surface area contributed by atoms with E-state index >= 15 is 0 Å². The fourth-order valence-corrected chi connectivity index (χ4v) is 6.39. The van der Waals surface area contributed by atoms with E-state index in [-0.39, 0.29) is 23.7 Å². The van der Waals surface area contributed by atoms with Crippen molar-refractivity contribution in [2.24, 2.45) is 0 Å². The van der Waals surface area contributed by atoms with Crippen molar-refractivity contribution in [1.29, 1.82) is 0 Å². The van der Waals surface area contributed by atoms with Gasteiger partial charge in [0, 0.05) is 64.1 Å². The highest BCUT2D eigenvalue weighted by Gasteiger charge is 2.54. The Balaban J connectivity index is 0.000000267. The average molecular weight is 1080 g/mol. The van der Waals surface area contributed by atoms with Gasteiger partial charge < -0.3 is 49.4 Å². The fourth-order valence-electron chi connectivity index (χ4n) is 6.39. The number of hydrogen-bond donors (Lipinski definition) is 4. The van der Waals surface area contributed by atoms with Crippen molar-refractivity contribution in [3.63, 3.8) is 0 Å². The number of anilines is 2. The summed E-state index contributed by atoms with van der Waals surface area (Å²) < 4.78 is 112. The molecule has 26 nitrogen and oxygen atoms in total. The Morgan fingerprint density at radius 1 is 0.642 bits per heavy atom. The molecule has 0 spiro atoms. The maximum absolute atomic E-state index is 13.8. The molecule has 0 saturated carbocycles. The highest BCUT2D eigenvalue weighted by molar-refractivity contribution is 14.1. The van der Waals surface area contributed by atoms with Crippen molar-refractivity contribution in [2.75, 3.05) is 24.7 Å². The summed E-state index contributed by atoms with van der Waals surface area (Å²) >= 11 is 0.378. The molecule has 4 aromatic heterocycles. The molecular formula is C34H37F6IN10O16. The van der Waals surface area contributed by atoms with E-state index in [0.29, 0.717) is 27.2 Å². The Kier molecular flexibility index (Phi) is 16.9. The number of ether oxygens (including phenoxy) is 8. The average Bonchev–Trinajstić information content (AvgIpc) is 3.92. The van der Waals surface area contributed by atoms with Crippen molar-refractivity contribution in [3.05, 3.63) is 32.9 Å². The standard InChI is InChI=1S/C17H18F3N5O8.C16H19N5O8.CF3I/c1-5(26)30-4-8-10(31-6(2)27)11(32-7(3)28)14(33-8)25-12-9(13(29)24-16(21)23-12)22-15(25)17(18,19)20;1-6(22)26-4-9-11(27-7(2)23)12(28-8(3)24)15(29-9)21-5-18-10-13(21)19-16(17)20-14(10)25;2-1(3,4)5/h8,10-11,14H,4H2,1-3H3,(H3,21,23,24,29);5,9,11-12,15H,4H2,1-3H3,(H3,17,19,20,25);/t8-,10+,11?,14-;9-,11+,12?,15-;/m11./s1. The van der Waals surface area contributed by atoms with E-state index in [9.17, 15) is 64.7 Å². The van der Waals surface area contributed by atoms with Crippen LogP contribution in [0.1, 0.15) is 59.8 Å². The van der Waals surface area contributed by atoms with Crippen LogP contribution in [-0.4, -0.2) is 129 Å². The van der Waals surface area contributed by atoms with E-state index in [1.807, 2.05) is 4.98 Å². The molecule has 0 radical (unpaired) electrons. The van der Waals surface area contributed by atoms with Crippen LogP contribution < -0.4 is 22.6 Å². The zero-order valence-electron chi connectivity index (χ0n) is 35.1. The summed E-state index contributed by atoms with van der Waals surface area (Å²) in [5.41, 5.74) is 8.18. The van der Waals surface area contributed by atoms with E-state index in [4.69, 9.17) is 49.4 Å². The molecule has 2 unspecified atom stereocenters. The zero-order chi connectivity index (χ0) is 50.5. The van der Waals surface area contributed by atoms with E-state index in [1.165, 1.54) is 31.7 Å². The Morgan fingerprint density at radius 3 is 1.45 bits per heavy atom. The lowest BCUT2D eigenvalue weighted by atomic mass is 10.1. The normalized spacial score (nSPS) is 22.4. The largest absolute Gasteiger partial charge is 0.463 e. The van der Waals surface area contributed by atoms with Gasteiger partial charge in [0.25, 0.3) is 11.1 Å². The van der Waals surface area contributed by atoms with Gasteiger partial charge in [0.05, 0.1) is 6.33 Å². The minimum absolute atomic E-state index is 0.0168. The van der Waals surface area contributed by atoms with Gasteiger partial charge in [-0.3, -0.25) is 57.5 Å². The van der Waals surface area contributed by atoms with Crippen molar-refractivity contribution >= 4 is 92.6 Å². The Morgan fingerprint density at radius 2 is 1.03 bits per heavy atom.